The molecule has 2 aromatic carbocycles. The average molecular weight is 337 g/mol. The Morgan fingerprint density at radius 1 is 1.20 bits per heavy atom. The smallest absolute Gasteiger partial charge is 0.245 e. The lowest BCUT2D eigenvalue weighted by Crippen LogP contribution is -2.30. The summed E-state index contributed by atoms with van der Waals surface area (Å²) in [5, 5.41) is 3.97. The summed E-state index contributed by atoms with van der Waals surface area (Å²) in [6.45, 7) is 0.368. The molecule has 0 saturated carbocycles. The van der Waals surface area contributed by atoms with Crippen LogP contribution in [-0.4, -0.2) is 31.7 Å². The van der Waals surface area contributed by atoms with Gasteiger partial charge in [0.15, 0.2) is 0 Å². The number of amides is 2. The first kappa shape index (κ1) is 16.7. The maximum absolute atomic E-state index is 12.2. The van der Waals surface area contributed by atoms with Gasteiger partial charge in [-0.2, -0.15) is 5.10 Å². The molecule has 0 spiro atoms. The molecular weight excluding hydrogens is 318 g/mol. The van der Waals surface area contributed by atoms with Crippen LogP contribution in [0.2, 0.25) is 0 Å². The van der Waals surface area contributed by atoms with E-state index in [0.29, 0.717) is 6.54 Å². The highest BCUT2D eigenvalue weighted by molar-refractivity contribution is 6.00. The van der Waals surface area contributed by atoms with Gasteiger partial charge in [-0.15, -0.1) is 0 Å². The third-order valence-electron chi connectivity index (χ3n) is 4.07. The van der Waals surface area contributed by atoms with Gasteiger partial charge in [-0.25, -0.2) is 5.43 Å². The summed E-state index contributed by atoms with van der Waals surface area (Å²) >= 11 is 0. The van der Waals surface area contributed by atoms with Gasteiger partial charge in [-0.1, -0.05) is 18.2 Å². The minimum Gasteiger partial charge on any atom is -0.497 e. The molecule has 3 rings (SSSR count). The van der Waals surface area contributed by atoms with Crippen molar-refractivity contribution in [2.45, 2.75) is 6.42 Å². The van der Waals surface area contributed by atoms with Crippen LogP contribution < -0.4 is 15.1 Å². The monoisotopic (exact) mass is 337 g/mol. The zero-order valence-electron chi connectivity index (χ0n) is 13.9. The molecule has 6 nitrogen and oxygen atoms in total. The molecule has 1 heterocycles. The fraction of sp³-hybridized carbons (Fsp3) is 0.211. The first-order valence-electron chi connectivity index (χ1n) is 8.00. The average Bonchev–Trinajstić information content (AvgIpc) is 3.05. The Morgan fingerprint density at radius 3 is 2.60 bits per heavy atom. The molecular formula is C19H19N3O3. The number of para-hydroxylation sites is 1. The van der Waals surface area contributed by atoms with E-state index in [9.17, 15) is 9.59 Å². The van der Waals surface area contributed by atoms with Crippen LogP contribution in [0.15, 0.2) is 59.7 Å². The fourth-order valence-corrected chi connectivity index (χ4v) is 2.69. The Labute approximate surface area is 146 Å². The second kappa shape index (κ2) is 7.61. The normalized spacial score (nSPS) is 17.1. The van der Waals surface area contributed by atoms with E-state index in [-0.39, 0.29) is 18.2 Å². The van der Waals surface area contributed by atoms with Crippen molar-refractivity contribution in [3.8, 4) is 5.75 Å². The molecule has 1 aliphatic rings. The molecule has 0 unspecified atom stereocenters. The molecule has 1 atom stereocenters. The van der Waals surface area contributed by atoms with Crippen molar-refractivity contribution in [3.63, 3.8) is 0 Å². The summed E-state index contributed by atoms with van der Waals surface area (Å²) in [5.41, 5.74) is 4.17. The van der Waals surface area contributed by atoms with Crippen LogP contribution >= 0.6 is 0 Å². The number of nitrogens with one attached hydrogen (secondary N) is 1. The maximum atomic E-state index is 12.2. The van der Waals surface area contributed by atoms with Gasteiger partial charge in [-0.05, 0) is 42.0 Å². The lowest BCUT2D eigenvalue weighted by Gasteiger charge is -2.16. The van der Waals surface area contributed by atoms with Crippen LogP contribution in [0.1, 0.15) is 12.0 Å². The summed E-state index contributed by atoms with van der Waals surface area (Å²) in [6.07, 6.45) is 1.75. The second-order valence-corrected chi connectivity index (χ2v) is 5.75. The van der Waals surface area contributed by atoms with E-state index < -0.39 is 5.92 Å². The van der Waals surface area contributed by atoms with E-state index in [4.69, 9.17) is 4.74 Å². The van der Waals surface area contributed by atoms with E-state index in [2.05, 4.69) is 10.5 Å². The van der Waals surface area contributed by atoms with Gasteiger partial charge in [0, 0.05) is 18.7 Å². The van der Waals surface area contributed by atoms with Gasteiger partial charge in [0.05, 0.1) is 19.2 Å². The lowest BCUT2D eigenvalue weighted by molar-refractivity contribution is -0.126. The Bertz CT molecular complexity index is 772. The molecule has 1 fully saturated rings. The number of ether oxygens (including phenoxy) is 1. The molecule has 0 aliphatic carbocycles. The fourth-order valence-electron chi connectivity index (χ4n) is 2.69. The van der Waals surface area contributed by atoms with Crippen LogP contribution in [-0.2, 0) is 9.59 Å². The van der Waals surface area contributed by atoms with Crippen molar-refractivity contribution in [1.29, 1.82) is 0 Å². The number of hydrazone groups is 1. The van der Waals surface area contributed by atoms with E-state index in [1.54, 1.807) is 18.2 Å². The number of nitrogens with zero attached hydrogens (tertiary/aromatic N) is 2. The van der Waals surface area contributed by atoms with E-state index in [1.165, 1.54) is 0 Å². The molecule has 2 aromatic rings. The predicted molar refractivity (Wildman–Crippen MR) is 95.6 cm³/mol. The Kier molecular flexibility index (Phi) is 5.09. The summed E-state index contributed by atoms with van der Waals surface area (Å²) < 4.78 is 5.09. The van der Waals surface area contributed by atoms with Gasteiger partial charge in [-0.3, -0.25) is 9.59 Å². The third-order valence-corrected chi connectivity index (χ3v) is 4.07. The SMILES string of the molecule is COc1ccc(/C=N\NC(=O)[C@@H]2CC(=O)N(c3ccccc3)C2)cc1. The molecule has 128 valence electrons. The highest BCUT2D eigenvalue weighted by Gasteiger charge is 2.34. The number of carbonyl (C=O) groups excluding carboxylic acids is 2. The number of hydrogen-bond donors (Lipinski definition) is 1. The van der Waals surface area contributed by atoms with Crippen molar-refractivity contribution in [2.75, 3.05) is 18.6 Å². The van der Waals surface area contributed by atoms with Crippen molar-refractivity contribution in [2.24, 2.45) is 11.0 Å². The van der Waals surface area contributed by atoms with Gasteiger partial charge >= 0.3 is 0 Å². The van der Waals surface area contributed by atoms with Crippen molar-refractivity contribution in [3.05, 3.63) is 60.2 Å². The van der Waals surface area contributed by atoms with E-state index in [1.807, 2.05) is 54.6 Å². The van der Waals surface area contributed by atoms with Crippen molar-refractivity contribution >= 4 is 23.7 Å². The molecule has 1 aliphatic heterocycles. The highest BCUT2D eigenvalue weighted by atomic mass is 16.5. The van der Waals surface area contributed by atoms with Gasteiger partial charge in [0.1, 0.15) is 5.75 Å². The highest BCUT2D eigenvalue weighted by Crippen LogP contribution is 2.24. The molecule has 1 N–H and O–H groups in total. The molecule has 0 aromatic heterocycles. The predicted octanol–water partition coefficient (Wildman–Crippen LogP) is 2.20. The maximum Gasteiger partial charge on any atom is 0.245 e. The van der Waals surface area contributed by atoms with Crippen LogP contribution in [0, 0.1) is 5.92 Å². The topological polar surface area (TPSA) is 71.0 Å². The first-order valence-corrected chi connectivity index (χ1v) is 8.00. The van der Waals surface area contributed by atoms with Crippen molar-refractivity contribution < 1.29 is 14.3 Å². The molecule has 6 heteroatoms. The number of methoxy groups -OCH3 is 1. The largest absolute Gasteiger partial charge is 0.497 e. The molecule has 2 amide bonds. The van der Waals surface area contributed by atoms with Gasteiger partial charge in [0.25, 0.3) is 0 Å². The number of anilines is 1. The lowest BCUT2D eigenvalue weighted by atomic mass is 10.1. The van der Waals surface area contributed by atoms with Crippen LogP contribution in [0.3, 0.4) is 0 Å². The van der Waals surface area contributed by atoms with Crippen LogP contribution in [0.25, 0.3) is 0 Å². The Morgan fingerprint density at radius 2 is 1.92 bits per heavy atom. The van der Waals surface area contributed by atoms with E-state index >= 15 is 0 Å². The Hall–Kier alpha value is -3.15. The zero-order valence-corrected chi connectivity index (χ0v) is 13.9. The van der Waals surface area contributed by atoms with Crippen LogP contribution in [0.5, 0.6) is 5.75 Å². The minimum absolute atomic E-state index is 0.0505. The number of hydrogen-bond acceptors (Lipinski definition) is 4. The summed E-state index contributed by atoms with van der Waals surface area (Å²) in [6, 6.07) is 16.7. The molecule has 0 radical (unpaired) electrons. The molecule has 25 heavy (non-hydrogen) atoms. The van der Waals surface area contributed by atoms with Crippen LogP contribution in [0.4, 0.5) is 5.69 Å². The van der Waals surface area contributed by atoms with Gasteiger partial charge < -0.3 is 9.64 Å². The summed E-state index contributed by atoms with van der Waals surface area (Å²) in [4.78, 5) is 26.0. The second-order valence-electron chi connectivity index (χ2n) is 5.75. The number of benzene rings is 2. The Balaban J connectivity index is 1.56. The standard InChI is InChI=1S/C19H19N3O3/c1-25-17-9-7-14(8-10-17)12-20-21-19(24)15-11-18(23)22(13-15)16-5-3-2-4-6-16/h2-10,12,15H,11,13H2,1H3,(H,21,24)/b20-12-/t15-/m1/s1. The number of rotatable bonds is 5. The number of carbonyl (C=O) groups is 2. The third kappa shape index (κ3) is 4.03. The molecule has 1 saturated heterocycles. The first-order chi connectivity index (χ1) is 12.2. The zero-order chi connectivity index (χ0) is 17.6. The van der Waals surface area contributed by atoms with E-state index in [0.717, 1.165) is 17.0 Å². The quantitative estimate of drug-likeness (QED) is 0.672. The van der Waals surface area contributed by atoms with Crippen molar-refractivity contribution in [1.82, 2.24) is 5.43 Å². The molecule has 0 bridgehead atoms. The summed E-state index contributed by atoms with van der Waals surface area (Å²) in [5.74, 6) is 0.0504. The minimum atomic E-state index is -0.402. The summed E-state index contributed by atoms with van der Waals surface area (Å²) in [7, 11) is 1.60. The van der Waals surface area contributed by atoms with Gasteiger partial charge in [0.2, 0.25) is 11.8 Å².